The van der Waals surface area contributed by atoms with Crippen LogP contribution in [0.2, 0.25) is 0 Å². The van der Waals surface area contributed by atoms with Gasteiger partial charge in [-0.15, -0.1) is 0 Å². The molecule has 7 nitrogen and oxygen atoms in total. The van der Waals surface area contributed by atoms with Crippen molar-refractivity contribution in [2.45, 2.75) is 12.5 Å². The van der Waals surface area contributed by atoms with Crippen LogP contribution in [0, 0.1) is 0 Å². The maximum Gasteiger partial charge on any atom is 0.229 e. The fourth-order valence-electron chi connectivity index (χ4n) is 2.88. The Morgan fingerprint density at radius 1 is 1.43 bits per heavy atom. The highest BCUT2D eigenvalue weighted by Gasteiger charge is 2.26. The number of nitrogens with zero attached hydrogens (tertiary/aromatic N) is 4. The number of aromatic nitrogens is 3. The summed E-state index contributed by atoms with van der Waals surface area (Å²) in [5.41, 5.74) is 7.84. The second-order valence-electron chi connectivity index (χ2n) is 5.26. The summed E-state index contributed by atoms with van der Waals surface area (Å²) in [5.74, 6) is 1.02. The fraction of sp³-hybridized carbons (Fsp3) is 0.357. The molecule has 4 heterocycles. The van der Waals surface area contributed by atoms with Gasteiger partial charge in [-0.25, -0.2) is 9.97 Å². The van der Waals surface area contributed by atoms with E-state index in [0.717, 1.165) is 36.2 Å². The Bertz CT molecular complexity index is 814. The van der Waals surface area contributed by atoms with Crippen LogP contribution in [0.5, 0.6) is 0 Å². The van der Waals surface area contributed by atoms with Gasteiger partial charge in [0.15, 0.2) is 11.4 Å². The zero-order valence-corrected chi connectivity index (χ0v) is 11.7. The molecular formula is C14H16N6O. The summed E-state index contributed by atoms with van der Waals surface area (Å²) in [7, 11) is 1.98. The molecular weight excluding hydrogens is 268 g/mol. The van der Waals surface area contributed by atoms with Crippen molar-refractivity contribution in [1.29, 1.82) is 0 Å². The van der Waals surface area contributed by atoms with Crippen LogP contribution in [0.4, 0.5) is 11.8 Å². The lowest BCUT2D eigenvalue weighted by atomic mass is 10.3. The van der Waals surface area contributed by atoms with Gasteiger partial charge in [-0.2, -0.15) is 4.98 Å². The molecule has 1 aliphatic rings. The van der Waals surface area contributed by atoms with Crippen molar-refractivity contribution in [2.24, 2.45) is 0 Å². The largest absolute Gasteiger partial charge is 0.432 e. The molecule has 0 amide bonds. The van der Waals surface area contributed by atoms with Crippen molar-refractivity contribution in [1.82, 2.24) is 20.3 Å². The molecule has 3 aromatic rings. The first-order valence-corrected chi connectivity index (χ1v) is 6.99. The molecule has 0 radical (unpaired) electrons. The van der Waals surface area contributed by atoms with Crippen molar-refractivity contribution in [2.75, 3.05) is 30.8 Å². The van der Waals surface area contributed by atoms with Crippen LogP contribution >= 0.6 is 0 Å². The smallest absolute Gasteiger partial charge is 0.229 e. The van der Waals surface area contributed by atoms with Crippen LogP contribution in [0.25, 0.3) is 22.2 Å². The first-order chi connectivity index (χ1) is 10.3. The van der Waals surface area contributed by atoms with E-state index >= 15 is 0 Å². The molecule has 3 N–H and O–H groups in total. The van der Waals surface area contributed by atoms with Gasteiger partial charge in [-0.05, 0) is 25.6 Å². The van der Waals surface area contributed by atoms with E-state index in [1.807, 2.05) is 19.2 Å². The van der Waals surface area contributed by atoms with Gasteiger partial charge in [0.05, 0.1) is 5.39 Å². The minimum Gasteiger partial charge on any atom is -0.432 e. The van der Waals surface area contributed by atoms with Crippen LogP contribution < -0.4 is 16.0 Å². The number of rotatable bonds is 2. The highest BCUT2D eigenvalue weighted by atomic mass is 16.3. The summed E-state index contributed by atoms with van der Waals surface area (Å²) < 4.78 is 5.87. The highest BCUT2D eigenvalue weighted by molar-refractivity contribution is 6.04. The fourth-order valence-corrected chi connectivity index (χ4v) is 2.88. The standard InChI is InChI=1S/C14H16N6O/c1-16-8-4-6-20(7-8)12-11-10(18-14(15)19-12)9-3-2-5-17-13(9)21-11/h2-3,5,8,16H,4,6-7H2,1H3,(H2,15,18,19)/t8-/m1/s1. The predicted octanol–water partition coefficient (Wildman–Crippen LogP) is 1.15. The molecule has 1 atom stereocenters. The highest BCUT2D eigenvalue weighted by Crippen LogP contribution is 2.33. The zero-order valence-electron chi connectivity index (χ0n) is 11.7. The first-order valence-electron chi connectivity index (χ1n) is 6.99. The number of likely N-dealkylation sites (N-methyl/N-ethyl adjacent to an activating group) is 1. The zero-order chi connectivity index (χ0) is 14.4. The van der Waals surface area contributed by atoms with Crippen molar-refractivity contribution in [3.8, 4) is 0 Å². The molecule has 1 fully saturated rings. The number of nitrogens with one attached hydrogen (secondary N) is 1. The Labute approximate surface area is 121 Å². The number of nitrogen functional groups attached to an aromatic ring is 1. The van der Waals surface area contributed by atoms with Gasteiger partial charge < -0.3 is 20.4 Å². The molecule has 0 aliphatic carbocycles. The number of nitrogens with two attached hydrogens (primary N) is 1. The normalized spacial score (nSPS) is 18.9. The molecule has 7 heteroatoms. The van der Waals surface area contributed by atoms with Gasteiger partial charge >= 0.3 is 0 Å². The van der Waals surface area contributed by atoms with Gasteiger partial charge in [-0.3, -0.25) is 0 Å². The van der Waals surface area contributed by atoms with E-state index in [-0.39, 0.29) is 5.95 Å². The SMILES string of the molecule is CN[C@@H]1CCN(c2nc(N)nc3c2oc2ncccc23)C1. The molecule has 0 spiro atoms. The minimum atomic E-state index is 0.261. The molecule has 3 aromatic heterocycles. The monoisotopic (exact) mass is 284 g/mol. The third kappa shape index (κ3) is 1.89. The van der Waals surface area contributed by atoms with Crippen molar-refractivity contribution in [3.05, 3.63) is 18.3 Å². The predicted molar refractivity (Wildman–Crippen MR) is 81.2 cm³/mol. The van der Waals surface area contributed by atoms with E-state index < -0.39 is 0 Å². The Hall–Kier alpha value is -2.41. The number of anilines is 2. The van der Waals surface area contributed by atoms with Gasteiger partial charge in [0.25, 0.3) is 0 Å². The van der Waals surface area contributed by atoms with E-state index in [1.165, 1.54) is 0 Å². The summed E-state index contributed by atoms with van der Waals surface area (Å²) in [6.07, 6.45) is 2.77. The molecule has 4 rings (SSSR count). The quantitative estimate of drug-likeness (QED) is 0.729. The second-order valence-corrected chi connectivity index (χ2v) is 5.26. The minimum absolute atomic E-state index is 0.261. The summed E-state index contributed by atoms with van der Waals surface area (Å²) in [5, 5.41) is 4.16. The van der Waals surface area contributed by atoms with Crippen LogP contribution in [0.1, 0.15) is 6.42 Å². The number of fused-ring (bicyclic) bond motifs is 3. The van der Waals surface area contributed by atoms with Crippen LogP contribution in [0.3, 0.4) is 0 Å². The maximum atomic E-state index is 5.88. The molecule has 108 valence electrons. The Morgan fingerprint density at radius 3 is 3.14 bits per heavy atom. The average molecular weight is 284 g/mol. The average Bonchev–Trinajstić information content (AvgIpc) is 3.11. The van der Waals surface area contributed by atoms with E-state index in [0.29, 0.717) is 17.3 Å². The molecule has 0 aromatic carbocycles. The molecule has 0 bridgehead atoms. The van der Waals surface area contributed by atoms with E-state index in [1.54, 1.807) is 6.20 Å². The third-order valence-electron chi connectivity index (χ3n) is 3.99. The van der Waals surface area contributed by atoms with Crippen molar-refractivity contribution >= 4 is 34.0 Å². The summed E-state index contributed by atoms with van der Waals surface area (Å²) in [4.78, 5) is 15.1. The summed E-state index contributed by atoms with van der Waals surface area (Å²) in [6, 6.07) is 4.26. The molecule has 0 saturated carbocycles. The molecule has 21 heavy (non-hydrogen) atoms. The molecule has 1 aliphatic heterocycles. The van der Waals surface area contributed by atoms with E-state index in [2.05, 4.69) is 25.2 Å². The van der Waals surface area contributed by atoms with E-state index in [4.69, 9.17) is 10.2 Å². The third-order valence-corrected chi connectivity index (χ3v) is 3.99. The second kappa shape index (κ2) is 4.56. The number of hydrogen-bond donors (Lipinski definition) is 2. The molecule has 1 saturated heterocycles. The lowest BCUT2D eigenvalue weighted by molar-refractivity contribution is 0.615. The number of hydrogen-bond acceptors (Lipinski definition) is 7. The summed E-state index contributed by atoms with van der Waals surface area (Å²) >= 11 is 0. The van der Waals surface area contributed by atoms with E-state index in [9.17, 15) is 0 Å². The lowest BCUT2D eigenvalue weighted by Gasteiger charge is -2.17. The number of pyridine rings is 1. The van der Waals surface area contributed by atoms with Crippen molar-refractivity contribution in [3.63, 3.8) is 0 Å². The van der Waals surface area contributed by atoms with Gasteiger partial charge in [0.1, 0.15) is 5.52 Å². The van der Waals surface area contributed by atoms with Crippen molar-refractivity contribution < 1.29 is 4.42 Å². The Balaban J connectivity index is 1.92. The maximum absolute atomic E-state index is 5.88. The van der Waals surface area contributed by atoms with Crippen LogP contribution in [0.15, 0.2) is 22.7 Å². The number of furan rings is 1. The lowest BCUT2D eigenvalue weighted by Crippen LogP contribution is -2.30. The van der Waals surface area contributed by atoms with Gasteiger partial charge in [-0.1, -0.05) is 0 Å². The first kappa shape index (κ1) is 12.3. The topological polar surface area (TPSA) is 93.1 Å². The van der Waals surface area contributed by atoms with Crippen LogP contribution in [-0.4, -0.2) is 41.1 Å². The Morgan fingerprint density at radius 2 is 2.33 bits per heavy atom. The van der Waals surface area contributed by atoms with Crippen LogP contribution in [-0.2, 0) is 0 Å². The van der Waals surface area contributed by atoms with Gasteiger partial charge in [0.2, 0.25) is 11.7 Å². The summed E-state index contributed by atoms with van der Waals surface area (Å²) in [6.45, 7) is 1.80. The van der Waals surface area contributed by atoms with Gasteiger partial charge in [0, 0.05) is 25.3 Å². The molecule has 0 unspecified atom stereocenters. The Kier molecular flexibility index (Phi) is 2.68.